The molecule has 1 saturated heterocycles. The molecule has 2 aromatic rings. The third-order valence-electron chi connectivity index (χ3n) is 5.09. The Labute approximate surface area is 143 Å². The molecule has 4 heteroatoms. The Hall–Kier alpha value is -1.81. The first-order valence-electron chi connectivity index (χ1n) is 9.01. The number of fused-ring (bicyclic) bond motifs is 1. The highest BCUT2D eigenvalue weighted by atomic mass is 16.5. The molecule has 1 fully saturated rings. The van der Waals surface area contributed by atoms with Crippen LogP contribution in [0.5, 0.6) is 5.75 Å². The molecule has 130 valence electrons. The molecule has 1 aromatic carbocycles. The van der Waals surface area contributed by atoms with Gasteiger partial charge in [0.1, 0.15) is 17.4 Å². The number of piperidine rings is 1. The summed E-state index contributed by atoms with van der Waals surface area (Å²) in [5.41, 5.74) is 2.01. The summed E-state index contributed by atoms with van der Waals surface area (Å²) in [5.74, 6) is 0.793. The highest BCUT2D eigenvalue weighted by molar-refractivity contribution is 5.82. The summed E-state index contributed by atoms with van der Waals surface area (Å²) in [5, 5.41) is 0.980. The van der Waals surface area contributed by atoms with Crippen molar-refractivity contribution in [3.05, 3.63) is 39.7 Å². The first-order chi connectivity index (χ1) is 11.6. The zero-order chi connectivity index (χ0) is 17.1. The van der Waals surface area contributed by atoms with Gasteiger partial charge in [0.25, 0.3) is 0 Å². The van der Waals surface area contributed by atoms with Crippen molar-refractivity contribution >= 4 is 11.0 Å². The zero-order valence-corrected chi connectivity index (χ0v) is 14.9. The number of unbranched alkanes of at least 4 members (excludes halogenated alkanes) is 1. The molecule has 3 rings (SSSR count). The summed E-state index contributed by atoms with van der Waals surface area (Å²) in [6, 6.07) is 5.83. The number of hydrogen-bond donors (Lipinski definition) is 0. The molecule has 2 heterocycles. The number of likely N-dealkylation sites (tertiary alicyclic amines) is 1. The molecule has 0 N–H and O–H groups in total. The molecule has 1 aromatic heterocycles. The van der Waals surface area contributed by atoms with Crippen LogP contribution < -0.4 is 10.4 Å². The van der Waals surface area contributed by atoms with Gasteiger partial charge >= 0.3 is 5.63 Å². The van der Waals surface area contributed by atoms with Crippen molar-refractivity contribution in [3.63, 3.8) is 0 Å². The van der Waals surface area contributed by atoms with E-state index in [1.54, 1.807) is 6.92 Å². The van der Waals surface area contributed by atoms with Gasteiger partial charge in [-0.2, -0.15) is 0 Å². The Morgan fingerprint density at radius 3 is 2.67 bits per heavy atom. The minimum atomic E-state index is -0.263. The average molecular weight is 329 g/mol. The summed E-state index contributed by atoms with van der Waals surface area (Å²) >= 11 is 0. The van der Waals surface area contributed by atoms with Gasteiger partial charge in [0.2, 0.25) is 0 Å². The van der Waals surface area contributed by atoms with Crippen LogP contribution in [0.1, 0.15) is 43.7 Å². The van der Waals surface area contributed by atoms with Crippen molar-refractivity contribution in [2.75, 3.05) is 19.6 Å². The molecule has 1 aliphatic heterocycles. The lowest BCUT2D eigenvalue weighted by Crippen LogP contribution is -2.38. The van der Waals surface area contributed by atoms with Crippen LogP contribution in [-0.4, -0.2) is 30.6 Å². The third-order valence-corrected chi connectivity index (χ3v) is 5.09. The van der Waals surface area contributed by atoms with Crippen LogP contribution in [0.2, 0.25) is 0 Å². The predicted molar refractivity (Wildman–Crippen MR) is 97.0 cm³/mol. The molecule has 4 nitrogen and oxygen atoms in total. The normalized spacial score (nSPS) is 16.6. The van der Waals surface area contributed by atoms with E-state index in [-0.39, 0.29) is 11.7 Å². The van der Waals surface area contributed by atoms with Gasteiger partial charge in [0.15, 0.2) is 0 Å². The van der Waals surface area contributed by atoms with Crippen molar-refractivity contribution in [2.45, 2.75) is 52.6 Å². The van der Waals surface area contributed by atoms with Crippen LogP contribution in [0.4, 0.5) is 0 Å². The fourth-order valence-corrected chi connectivity index (χ4v) is 3.33. The van der Waals surface area contributed by atoms with E-state index in [0.717, 1.165) is 42.6 Å². The fraction of sp³-hybridized carbons (Fsp3) is 0.550. The first kappa shape index (κ1) is 17.0. The fourth-order valence-electron chi connectivity index (χ4n) is 3.33. The molecular weight excluding hydrogens is 302 g/mol. The molecule has 0 saturated carbocycles. The van der Waals surface area contributed by atoms with Crippen LogP contribution in [-0.2, 0) is 0 Å². The van der Waals surface area contributed by atoms with E-state index < -0.39 is 0 Å². The summed E-state index contributed by atoms with van der Waals surface area (Å²) in [7, 11) is 0. The van der Waals surface area contributed by atoms with E-state index in [9.17, 15) is 4.79 Å². The van der Waals surface area contributed by atoms with Crippen molar-refractivity contribution < 1.29 is 9.15 Å². The second-order valence-electron chi connectivity index (χ2n) is 6.81. The van der Waals surface area contributed by atoms with Gasteiger partial charge in [-0.25, -0.2) is 4.79 Å². The second kappa shape index (κ2) is 7.39. The molecule has 0 bridgehead atoms. The molecule has 0 radical (unpaired) electrons. The SMILES string of the molecule is CCCCN1CCC(Oc2ccc3c(C)c(C)c(=O)oc3c2)CC1. The van der Waals surface area contributed by atoms with Gasteiger partial charge in [-0.1, -0.05) is 13.3 Å². The maximum absolute atomic E-state index is 11.9. The van der Waals surface area contributed by atoms with Crippen LogP contribution in [0.25, 0.3) is 11.0 Å². The quantitative estimate of drug-likeness (QED) is 0.776. The maximum atomic E-state index is 11.9. The molecule has 0 amide bonds. The monoisotopic (exact) mass is 329 g/mol. The van der Waals surface area contributed by atoms with E-state index in [0.29, 0.717) is 11.1 Å². The molecule has 0 spiro atoms. The Balaban J connectivity index is 1.68. The number of ether oxygens (including phenoxy) is 1. The van der Waals surface area contributed by atoms with Crippen LogP contribution in [0.3, 0.4) is 0 Å². The lowest BCUT2D eigenvalue weighted by atomic mass is 10.1. The lowest BCUT2D eigenvalue weighted by molar-refractivity contribution is 0.0999. The van der Waals surface area contributed by atoms with E-state index >= 15 is 0 Å². The Morgan fingerprint density at radius 2 is 1.96 bits per heavy atom. The molecule has 0 atom stereocenters. The number of nitrogens with zero attached hydrogens (tertiary/aromatic N) is 1. The summed E-state index contributed by atoms with van der Waals surface area (Å²) in [6.45, 7) is 9.40. The highest BCUT2D eigenvalue weighted by Gasteiger charge is 2.20. The molecule has 0 unspecified atom stereocenters. The topological polar surface area (TPSA) is 42.7 Å². The molecule has 1 aliphatic rings. The number of hydrogen-bond acceptors (Lipinski definition) is 4. The van der Waals surface area contributed by atoms with Gasteiger partial charge in [0, 0.05) is 30.1 Å². The Kier molecular flexibility index (Phi) is 5.24. The second-order valence-corrected chi connectivity index (χ2v) is 6.81. The largest absolute Gasteiger partial charge is 0.490 e. The summed E-state index contributed by atoms with van der Waals surface area (Å²) < 4.78 is 11.6. The van der Waals surface area contributed by atoms with Crippen molar-refractivity contribution in [1.82, 2.24) is 4.90 Å². The Bertz CT molecular complexity index is 757. The van der Waals surface area contributed by atoms with Gasteiger partial charge in [-0.15, -0.1) is 0 Å². The standard InChI is InChI=1S/C20H27NO3/c1-4-5-10-21-11-8-16(9-12-21)23-17-6-7-18-14(2)15(3)20(22)24-19(18)13-17/h6-7,13,16H,4-5,8-12H2,1-3H3. The van der Waals surface area contributed by atoms with Gasteiger partial charge < -0.3 is 14.1 Å². The van der Waals surface area contributed by atoms with Crippen molar-refractivity contribution in [2.24, 2.45) is 0 Å². The minimum Gasteiger partial charge on any atom is -0.490 e. The summed E-state index contributed by atoms with van der Waals surface area (Å²) in [4.78, 5) is 14.4. The van der Waals surface area contributed by atoms with E-state index in [1.807, 2.05) is 25.1 Å². The average Bonchev–Trinajstić information content (AvgIpc) is 2.59. The maximum Gasteiger partial charge on any atom is 0.339 e. The predicted octanol–water partition coefficient (Wildman–Crippen LogP) is 4.05. The van der Waals surface area contributed by atoms with E-state index in [4.69, 9.17) is 9.15 Å². The highest BCUT2D eigenvalue weighted by Crippen LogP contribution is 2.26. The summed E-state index contributed by atoms with van der Waals surface area (Å²) in [6.07, 6.45) is 4.88. The molecule has 24 heavy (non-hydrogen) atoms. The van der Waals surface area contributed by atoms with Crippen molar-refractivity contribution in [3.8, 4) is 5.75 Å². The smallest absolute Gasteiger partial charge is 0.339 e. The Morgan fingerprint density at radius 1 is 1.21 bits per heavy atom. The van der Waals surface area contributed by atoms with Gasteiger partial charge in [0.05, 0.1) is 0 Å². The van der Waals surface area contributed by atoms with Gasteiger partial charge in [-0.05, 0) is 57.4 Å². The van der Waals surface area contributed by atoms with E-state index in [2.05, 4.69) is 11.8 Å². The third kappa shape index (κ3) is 3.64. The number of aryl methyl sites for hydroxylation is 1. The number of benzene rings is 1. The first-order valence-corrected chi connectivity index (χ1v) is 9.01. The minimum absolute atomic E-state index is 0.249. The van der Waals surface area contributed by atoms with Crippen LogP contribution >= 0.6 is 0 Å². The van der Waals surface area contributed by atoms with Crippen LogP contribution in [0.15, 0.2) is 27.4 Å². The van der Waals surface area contributed by atoms with Gasteiger partial charge in [-0.3, -0.25) is 0 Å². The van der Waals surface area contributed by atoms with E-state index in [1.165, 1.54) is 19.4 Å². The lowest BCUT2D eigenvalue weighted by Gasteiger charge is -2.32. The van der Waals surface area contributed by atoms with Crippen LogP contribution in [0, 0.1) is 13.8 Å². The zero-order valence-electron chi connectivity index (χ0n) is 14.9. The molecule has 0 aliphatic carbocycles. The molecular formula is C20H27NO3. The van der Waals surface area contributed by atoms with Crippen molar-refractivity contribution in [1.29, 1.82) is 0 Å². The number of rotatable bonds is 5.